The van der Waals surface area contributed by atoms with Gasteiger partial charge < -0.3 is 72.1 Å². The van der Waals surface area contributed by atoms with Crippen molar-refractivity contribution in [2.75, 3.05) is 63.0 Å². The van der Waals surface area contributed by atoms with Crippen molar-refractivity contribution in [3.63, 3.8) is 0 Å². The van der Waals surface area contributed by atoms with Crippen LogP contribution >= 0.6 is 0 Å². The molecular weight excluding hydrogens is 823 g/mol. The number of ether oxygens (including phenoxy) is 2. The monoisotopic (exact) mass is 883 g/mol. The van der Waals surface area contributed by atoms with Gasteiger partial charge in [0.05, 0.1) is 60.3 Å². The van der Waals surface area contributed by atoms with E-state index in [9.17, 15) is 24.9 Å². The second-order valence-corrected chi connectivity index (χ2v) is 16.6. The molecule has 4 saturated heterocycles. The number of hydrogen-bond donors (Lipinski definition) is 9. The highest BCUT2D eigenvalue weighted by Crippen LogP contribution is 2.35. The van der Waals surface area contributed by atoms with E-state index in [1.165, 1.54) is 4.90 Å². The number of hydrogen-bond acceptors (Lipinski definition) is 16. The number of amides is 2. The van der Waals surface area contributed by atoms with Gasteiger partial charge in [0.1, 0.15) is 18.9 Å². The third kappa shape index (κ3) is 12.8. The molecule has 12 N–H and O–H groups in total. The van der Waals surface area contributed by atoms with Gasteiger partial charge in [-0.05, 0) is 29.2 Å². The van der Waals surface area contributed by atoms with Gasteiger partial charge >= 0.3 is 12.2 Å². The molecule has 0 spiro atoms. The minimum absolute atomic E-state index is 0.0972. The number of β-amino-alcohol motifs (C(OH)–C–C–N with tert-alkyl or cyclic N) is 4. The molecule has 344 valence electrons. The van der Waals surface area contributed by atoms with Crippen molar-refractivity contribution in [3.8, 4) is 11.3 Å². The van der Waals surface area contributed by atoms with Crippen LogP contribution in [0.4, 0.5) is 21.2 Å². The molecule has 2 amide bonds. The lowest BCUT2D eigenvalue weighted by Gasteiger charge is -2.19. The van der Waals surface area contributed by atoms with Gasteiger partial charge in [0.15, 0.2) is 0 Å². The molecule has 9 rings (SSSR count). The number of aromatic amines is 1. The van der Waals surface area contributed by atoms with Gasteiger partial charge in [-0.15, -0.1) is 0 Å². The lowest BCUT2D eigenvalue weighted by molar-refractivity contribution is 0.0965. The Morgan fingerprint density at radius 3 is 1.75 bits per heavy atom. The molecule has 0 aliphatic carbocycles. The van der Waals surface area contributed by atoms with Gasteiger partial charge in [-0.1, -0.05) is 74.5 Å². The molecule has 8 atom stereocenters. The number of fused-ring (bicyclic) bond motifs is 1. The van der Waals surface area contributed by atoms with E-state index in [0.29, 0.717) is 38.6 Å². The maximum Gasteiger partial charge on any atom is 0.410 e. The van der Waals surface area contributed by atoms with Crippen LogP contribution in [-0.2, 0) is 22.7 Å². The number of nitrogens with one attached hydrogen (secondary N) is 2. The molecule has 4 aliphatic heterocycles. The number of carbonyl (C=O) groups excluding carboxylic acids is 2. The minimum atomic E-state index is -0.653. The molecule has 5 aromatic rings. The van der Waals surface area contributed by atoms with E-state index >= 15 is 0 Å². The number of aliphatic hydroxyl groups excluding tert-OH is 4. The predicted molar refractivity (Wildman–Crippen MR) is 241 cm³/mol. The van der Waals surface area contributed by atoms with E-state index in [0.717, 1.165) is 52.2 Å². The zero-order chi connectivity index (χ0) is 45.8. The summed E-state index contributed by atoms with van der Waals surface area (Å²) in [4.78, 5) is 44.2. The number of pyridine rings is 1. The number of nitrogen functional groups attached to an aromatic ring is 1. The normalized spacial score (nSPS) is 24.8. The summed E-state index contributed by atoms with van der Waals surface area (Å²) in [6.45, 7) is 8.85. The second-order valence-electron chi connectivity index (χ2n) is 16.6. The van der Waals surface area contributed by atoms with E-state index in [1.807, 2.05) is 86.8 Å². The fourth-order valence-corrected chi connectivity index (χ4v) is 7.51. The first-order valence-electron chi connectivity index (χ1n) is 21.4. The van der Waals surface area contributed by atoms with Crippen LogP contribution in [0.2, 0.25) is 0 Å². The van der Waals surface area contributed by atoms with Crippen LogP contribution in [0.15, 0.2) is 91.4 Å². The number of rotatable bonds is 6. The highest BCUT2D eigenvalue weighted by Gasteiger charge is 2.33. The predicted octanol–water partition coefficient (Wildman–Crippen LogP) is 1.66. The summed E-state index contributed by atoms with van der Waals surface area (Å²) in [6, 6.07) is 22.1. The Kier molecular flexibility index (Phi) is 16.8. The number of anilines is 2. The number of likely N-dealkylation sites (tertiary alicyclic amines) is 2. The van der Waals surface area contributed by atoms with E-state index in [4.69, 9.17) is 31.8 Å². The third-order valence-corrected chi connectivity index (χ3v) is 11.5. The summed E-state index contributed by atoms with van der Waals surface area (Å²) in [7, 11) is 0. The number of nitrogens with two attached hydrogens (primary N) is 3. The van der Waals surface area contributed by atoms with Crippen LogP contribution in [0.5, 0.6) is 0 Å². The highest BCUT2D eigenvalue weighted by molar-refractivity contribution is 6.02. The first-order chi connectivity index (χ1) is 30.8. The minimum Gasteiger partial charge on any atom is -0.445 e. The molecule has 4 fully saturated rings. The highest BCUT2D eigenvalue weighted by atomic mass is 16.6. The first kappa shape index (κ1) is 47.5. The molecule has 0 unspecified atom stereocenters. The average molecular weight is 884 g/mol. The maximum absolute atomic E-state index is 11.7. The number of aromatic nitrogens is 4. The molecule has 19 nitrogen and oxygen atoms in total. The number of nitrogens with zero attached hydrogens (tertiary/aromatic N) is 6. The molecule has 64 heavy (non-hydrogen) atoms. The Morgan fingerprint density at radius 1 is 0.688 bits per heavy atom. The summed E-state index contributed by atoms with van der Waals surface area (Å²) in [5.74, 6) is 0.806. The summed E-state index contributed by atoms with van der Waals surface area (Å²) in [5.41, 5.74) is 22.5. The number of aliphatic hydroxyl groups is 4. The molecule has 4 aliphatic rings. The van der Waals surface area contributed by atoms with Gasteiger partial charge in [0.25, 0.3) is 0 Å². The van der Waals surface area contributed by atoms with Crippen LogP contribution in [0.1, 0.15) is 25.0 Å². The summed E-state index contributed by atoms with van der Waals surface area (Å²) < 4.78 is 10.3. The largest absolute Gasteiger partial charge is 0.445 e. The summed E-state index contributed by atoms with van der Waals surface area (Å²) in [5, 5.41) is 41.9. The van der Waals surface area contributed by atoms with Crippen LogP contribution < -0.4 is 27.4 Å². The lowest BCUT2D eigenvalue weighted by atomic mass is 10.1. The van der Waals surface area contributed by atoms with Crippen molar-refractivity contribution in [1.29, 1.82) is 0 Å². The first-order valence-corrected chi connectivity index (χ1v) is 21.4. The van der Waals surface area contributed by atoms with Gasteiger partial charge in [-0.3, -0.25) is 0 Å². The molecule has 19 heteroatoms. The van der Waals surface area contributed by atoms with E-state index in [1.54, 1.807) is 23.4 Å². The molecule has 7 heterocycles. The zero-order valence-corrected chi connectivity index (χ0v) is 36.2. The second kappa shape index (κ2) is 22.6. The molecule has 3 aromatic heterocycles. The van der Waals surface area contributed by atoms with Crippen LogP contribution in [0.25, 0.3) is 22.3 Å². The fraction of sp³-hybridized carbons (Fsp3) is 0.444. The van der Waals surface area contributed by atoms with Crippen molar-refractivity contribution in [3.05, 3.63) is 103 Å². The van der Waals surface area contributed by atoms with Gasteiger partial charge in [-0.25, -0.2) is 24.5 Å². The van der Waals surface area contributed by atoms with E-state index < -0.39 is 24.4 Å². The van der Waals surface area contributed by atoms with Crippen molar-refractivity contribution >= 4 is 34.9 Å². The standard InChI is InChI=1S/C15H17N7O.C13H17NO3.C12H16N2O3.C5H11NO/c16-9-6-22(7-12(9)23)11-2-4-18-14-13(11)8(5-20-14)10-1-3-19-15(17)21-10;1-10-7-14(8-12(10)15)13(16)17-9-11-5-3-2-4-6-11;13-10-6-14(7-11(10)15)12(16)17-8-9-4-2-1-3-5-9;1-4-2-6-3-5(4)7/h1-5,9,12,23H,6-7,16H2,(H,18,20)(H2,17,19,21);2-6,10,12,15H,7-9H2,1H3;1-5,10-11,15H,6-8,13H2;4-7H,2-3H2,1H3/t9-,12-;10-,12-;10-,11-;4-,5-/m1111/s1. The van der Waals surface area contributed by atoms with Crippen molar-refractivity contribution in [2.24, 2.45) is 23.3 Å². The van der Waals surface area contributed by atoms with Crippen molar-refractivity contribution < 1.29 is 39.5 Å². The summed E-state index contributed by atoms with van der Waals surface area (Å²) in [6.07, 6.45) is 2.73. The summed E-state index contributed by atoms with van der Waals surface area (Å²) >= 11 is 0. The van der Waals surface area contributed by atoms with Gasteiger partial charge in [-0.2, -0.15) is 0 Å². The Bertz CT molecular complexity index is 2120. The number of benzene rings is 2. The number of carbonyl (C=O) groups is 2. The Hall–Kier alpha value is -5.93. The van der Waals surface area contributed by atoms with Crippen molar-refractivity contribution in [1.82, 2.24) is 35.1 Å². The Balaban J connectivity index is 0.000000150. The van der Waals surface area contributed by atoms with E-state index in [-0.39, 0.29) is 55.9 Å². The lowest BCUT2D eigenvalue weighted by Crippen LogP contribution is -2.33. The average Bonchev–Trinajstić information content (AvgIpc) is 4.14. The molecule has 2 aromatic carbocycles. The SMILES string of the molecule is C[C@@H]1CN(C(=O)OCc2ccccc2)C[C@H]1O.C[C@@H]1CNC[C@H]1O.N[C@@H]1CN(C(=O)OCc2ccccc2)C[C@H]1O.Nc1nccc(-c2c[nH]c3nccc(N4C[C@@H](N)[C@H](O)C4)c23)n1. The molecule has 0 saturated carbocycles. The zero-order valence-electron chi connectivity index (χ0n) is 36.2. The third-order valence-electron chi connectivity index (χ3n) is 11.5. The van der Waals surface area contributed by atoms with Crippen LogP contribution in [0, 0.1) is 11.8 Å². The fourth-order valence-electron chi connectivity index (χ4n) is 7.51. The Labute approximate surface area is 372 Å². The molecular formula is C45H61N11O8. The van der Waals surface area contributed by atoms with Crippen LogP contribution in [0.3, 0.4) is 0 Å². The smallest absolute Gasteiger partial charge is 0.410 e. The molecule has 0 radical (unpaired) electrons. The van der Waals surface area contributed by atoms with Gasteiger partial charge in [0.2, 0.25) is 5.95 Å². The van der Waals surface area contributed by atoms with Crippen molar-refractivity contribution in [2.45, 2.75) is 63.6 Å². The molecule has 0 bridgehead atoms. The maximum atomic E-state index is 11.7. The quantitative estimate of drug-likeness (QED) is 0.117. The van der Waals surface area contributed by atoms with Crippen LogP contribution in [-0.4, -0.2) is 151 Å². The Morgan fingerprint density at radius 2 is 1.27 bits per heavy atom. The topological polar surface area (TPSA) is 288 Å². The number of H-pyrrole nitrogens is 1. The van der Waals surface area contributed by atoms with Gasteiger partial charge in [0, 0.05) is 75.4 Å². The van der Waals surface area contributed by atoms with E-state index in [2.05, 4.69) is 30.2 Å².